The van der Waals surface area contributed by atoms with Crippen LogP contribution in [0.15, 0.2) is 12.1 Å². The van der Waals surface area contributed by atoms with E-state index in [9.17, 15) is 8.78 Å². The predicted molar refractivity (Wildman–Crippen MR) is 57.4 cm³/mol. The summed E-state index contributed by atoms with van der Waals surface area (Å²) in [5.74, 6) is -2.60. The molecule has 1 saturated heterocycles. The van der Waals surface area contributed by atoms with E-state index in [1.807, 2.05) is 0 Å². The highest BCUT2D eigenvalue weighted by molar-refractivity contribution is 5.32. The second kappa shape index (κ2) is 4.78. The molecule has 1 aliphatic heterocycles. The van der Waals surface area contributed by atoms with Crippen LogP contribution in [-0.2, 0) is 6.42 Å². The second-order valence-electron chi connectivity index (χ2n) is 4.22. The van der Waals surface area contributed by atoms with Crippen LogP contribution in [0.3, 0.4) is 0 Å². The molecule has 1 heterocycles. The fraction of sp³-hybridized carbons (Fsp3) is 0.500. The summed E-state index contributed by atoms with van der Waals surface area (Å²) in [5, 5.41) is 12.4. The minimum Gasteiger partial charge on any atom is -0.503 e. The van der Waals surface area contributed by atoms with Crippen molar-refractivity contribution in [1.29, 1.82) is 0 Å². The number of hydrogen-bond donors (Lipinski definition) is 2. The first-order valence-electron chi connectivity index (χ1n) is 5.57. The Balaban J connectivity index is 2.11. The number of phenols is 1. The van der Waals surface area contributed by atoms with E-state index in [2.05, 4.69) is 5.32 Å². The van der Waals surface area contributed by atoms with Gasteiger partial charge in [-0.2, -0.15) is 0 Å². The molecule has 1 unspecified atom stereocenters. The van der Waals surface area contributed by atoms with Gasteiger partial charge in [0.1, 0.15) is 0 Å². The predicted octanol–water partition coefficient (Wildman–Crippen LogP) is 2.35. The summed E-state index contributed by atoms with van der Waals surface area (Å²) in [5.41, 5.74) is 0.373. The van der Waals surface area contributed by atoms with Gasteiger partial charge < -0.3 is 10.4 Å². The van der Waals surface area contributed by atoms with Crippen molar-refractivity contribution >= 4 is 0 Å². The monoisotopic (exact) mass is 227 g/mol. The highest BCUT2D eigenvalue weighted by atomic mass is 19.1. The summed E-state index contributed by atoms with van der Waals surface area (Å²) in [4.78, 5) is 0. The topological polar surface area (TPSA) is 32.3 Å². The van der Waals surface area contributed by atoms with Crippen molar-refractivity contribution in [3.05, 3.63) is 29.3 Å². The van der Waals surface area contributed by atoms with Crippen molar-refractivity contribution < 1.29 is 13.9 Å². The number of nitrogens with one attached hydrogen (secondary N) is 1. The normalized spacial score (nSPS) is 21.0. The first-order chi connectivity index (χ1) is 7.68. The van der Waals surface area contributed by atoms with E-state index in [-0.39, 0.29) is 6.04 Å². The van der Waals surface area contributed by atoms with Crippen LogP contribution in [0.1, 0.15) is 24.8 Å². The molecule has 1 aliphatic rings. The van der Waals surface area contributed by atoms with E-state index >= 15 is 0 Å². The second-order valence-corrected chi connectivity index (χ2v) is 4.22. The van der Waals surface area contributed by atoms with E-state index in [1.54, 1.807) is 0 Å². The minimum atomic E-state index is -0.905. The van der Waals surface area contributed by atoms with Crippen LogP contribution in [0.4, 0.5) is 8.78 Å². The Bertz CT molecular complexity index is 376. The zero-order valence-corrected chi connectivity index (χ0v) is 8.97. The molecule has 0 amide bonds. The highest BCUT2D eigenvalue weighted by Crippen LogP contribution is 2.24. The average molecular weight is 227 g/mol. The summed E-state index contributed by atoms with van der Waals surface area (Å²) in [6, 6.07) is 2.74. The van der Waals surface area contributed by atoms with E-state index in [4.69, 9.17) is 5.11 Å². The standard InChI is InChI=1S/C12H15F2NO/c13-10-5-4-8(11(14)12(10)16)7-9-3-1-2-6-15-9/h4-5,9,15-16H,1-3,6-7H2. The van der Waals surface area contributed by atoms with Gasteiger partial charge in [0.25, 0.3) is 0 Å². The van der Waals surface area contributed by atoms with Crippen molar-refractivity contribution in [2.24, 2.45) is 0 Å². The lowest BCUT2D eigenvalue weighted by Gasteiger charge is -2.23. The molecule has 0 aromatic heterocycles. The molecule has 4 heteroatoms. The number of halogens is 2. The SMILES string of the molecule is Oc1c(F)ccc(CC2CCCCN2)c1F. The maximum absolute atomic E-state index is 13.5. The largest absolute Gasteiger partial charge is 0.503 e. The number of piperidine rings is 1. The molecule has 0 saturated carbocycles. The van der Waals surface area contributed by atoms with Crippen molar-refractivity contribution in [3.63, 3.8) is 0 Å². The van der Waals surface area contributed by atoms with E-state index in [0.717, 1.165) is 31.9 Å². The lowest BCUT2D eigenvalue weighted by Crippen LogP contribution is -2.35. The fourth-order valence-corrected chi connectivity index (χ4v) is 2.10. The molecule has 1 fully saturated rings. The Morgan fingerprint density at radius 3 is 2.81 bits per heavy atom. The smallest absolute Gasteiger partial charge is 0.188 e. The van der Waals surface area contributed by atoms with E-state index in [1.165, 1.54) is 6.07 Å². The molecule has 1 aromatic rings. The fourth-order valence-electron chi connectivity index (χ4n) is 2.10. The van der Waals surface area contributed by atoms with Crippen LogP contribution in [0.2, 0.25) is 0 Å². The number of aromatic hydroxyl groups is 1. The lowest BCUT2D eigenvalue weighted by atomic mass is 9.97. The molecular weight excluding hydrogens is 212 g/mol. The van der Waals surface area contributed by atoms with Crippen LogP contribution in [0, 0.1) is 11.6 Å². The van der Waals surface area contributed by atoms with Gasteiger partial charge in [0.05, 0.1) is 0 Å². The van der Waals surface area contributed by atoms with Crippen molar-refractivity contribution in [2.45, 2.75) is 31.7 Å². The zero-order chi connectivity index (χ0) is 11.5. The molecule has 0 aliphatic carbocycles. The molecule has 2 N–H and O–H groups in total. The third kappa shape index (κ3) is 2.32. The molecule has 0 bridgehead atoms. The van der Waals surface area contributed by atoms with Crippen LogP contribution >= 0.6 is 0 Å². The van der Waals surface area contributed by atoms with Crippen LogP contribution in [0.5, 0.6) is 5.75 Å². The first kappa shape index (κ1) is 11.3. The van der Waals surface area contributed by atoms with Crippen molar-refractivity contribution in [3.8, 4) is 5.75 Å². The van der Waals surface area contributed by atoms with Gasteiger partial charge in [0.15, 0.2) is 17.4 Å². The Labute approximate surface area is 93.3 Å². The molecule has 1 aromatic carbocycles. The summed E-state index contributed by atoms with van der Waals surface area (Å²) >= 11 is 0. The Kier molecular flexibility index (Phi) is 3.39. The van der Waals surface area contributed by atoms with Gasteiger partial charge in [0.2, 0.25) is 0 Å². The van der Waals surface area contributed by atoms with Crippen LogP contribution in [0.25, 0.3) is 0 Å². The molecule has 2 nitrogen and oxygen atoms in total. The number of hydrogen-bond acceptors (Lipinski definition) is 2. The highest BCUT2D eigenvalue weighted by Gasteiger charge is 2.18. The summed E-state index contributed by atoms with van der Waals surface area (Å²) in [7, 11) is 0. The van der Waals surface area contributed by atoms with Gasteiger partial charge in [0, 0.05) is 6.04 Å². The number of rotatable bonds is 2. The maximum Gasteiger partial charge on any atom is 0.188 e. The third-order valence-corrected chi connectivity index (χ3v) is 3.03. The minimum absolute atomic E-state index is 0.230. The summed E-state index contributed by atoms with van der Waals surface area (Å²) in [6.07, 6.45) is 3.78. The zero-order valence-electron chi connectivity index (χ0n) is 8.97. The summed E-state index contributed by atoms with van der Waals surface area (Å²) in [6.45, 7) is 0.944. The van der Waals surface area contributed by atoms with Gasteiger partial charge in [-0.25, -0.2) is 8.78 Å². The molecule has 88 valence electrons. The van der Waals surface area contributed by atoms with Gasteiger partial charge in [-0.05, 0) is 37.4 Å². The Morgan fingerprint density at radius 1 is 1.31 bits per heavy atom. The average Bonchev–Trinajstić information content (AvgIpc) is 2.31. The molecule has 0 radical (unpaired) electrons. The molecule has 16 heavy (non-hydrogen) atoms. The Hall–Kier alpha value is -1.16. The number of phenolic OH excluding ortho intramolecular Hbond substituents is 1. The van der Waals surface area contributed by atoms with Crippen LogP contribution < -0.4 is 5.32 Å². The van der Waals surface area contributed by atoms with Gasteiger partial charge in [-0.1, -0.05) is 12.5 Å². The third-order valence-electron chi connectivity index (χ3n) is 3.03. The van der Waals surface area contributed by atoms with Crippen molar-refractivity contribution in [1.82, 2.24) is 5.32 Å². The molecule has 0 spiro atoms. The van der Waals surface area contributed by atoms with E-state index < -0.39 is 17.4 Å². The quantitative estimate of drug-likeness (QED) is 0.812. The van der Waals surface area contributed by atoms with Gasteiger partial charge in [-0.15, -0.1) is 0 Å². The Morgan fingerprint density at radius 2 is 2.12 bits per heavy atom. The molecule has 1 atom stereocenters. The molecule has 2 rings (SSSR count). The number of benzene rings is 1. The van der Waals surface area contributed by atoms with Gasteiger partial charge in [-0.3, -0.25) is 0 Å². The van der Waals surface area contributed by atoms with Crippen molar-refractivity contribution in [2.75, 3.05) is 6.54 Å². The van der Waals surface area contributed by atoms with Crippen LogP contribution in [-0.4, -0.2) is 17.7 Å². The lowest BCUT2D eigenvalue weighted by molar-refractivity contribution is 0.377. The summed E-state index contributed by atoms with van der Waals surface area (Å²) < 4.78 is 26.3. The van der Waals surface area contributed by atoms with E-state index in [0.29, 0.717) is 12.0 Å². The first-order valence-corrected chi connectivity index (χ1v) is 5.57. The molecular formula is C12H15F2NO. The maximum atomic E-state index is 13.5. The van der Waals surface area contributed by atoms with Gasteiger partial charge >= 0.3 is 0 Å².